The minimum Gasteiger partial charge on any atom is -0.326 e. The van der Waals surface area contributed by atoms with E-state index < -0.39 is 11.7 Å². The van der Waals surface area contributed by atoms with Gasteiger partial charge < -0.3 is 10.2 Å². The fourth-order valence-electron chi connectivity index (χ4n) is 2.37. The van der Waals surface area contributed by atoms with Gasteiger partial charge in [-0.2, -0.15) is 13.2 Å². The number of piperidine rings is 1. The predicted molar refractivity (Wildman–Crippen MR) is 70.3 cm³/mol. The van der Waals surface area contributed by atoms with Gasteiger partial charge in [0.15, 0.2) is 0 Å². The highest BCUT2D eigenvalue weighted by Gasteiger charge is 2.30. The molecule has 1 saturated heterocycles. The fourth-order valence-corrected chi connectivity index (χ4v) is 2.37. The zero-order valence-corrected chi connectivity index (χ0v) is 11.2. The van der Waals surface area contributed by atoms with Gasteiger partial charge in [-0.15, -0.1) is 0 Å². The highest BCUT2D eigenvalue weighted by molar-refractivity contribution is 5.92. The third kappa shape index (κ3) is 3.72. The summed E-state index contributed by atoms with van der Waals surface area (Å²) in [6.45, 7) is 1.66. The molecule has 1 heterocycles. The van der Waals surface area contributed by atoms with E-state index in [0.29, 0.717) is 12.2 Å². The Morgan fingerprint density at radius 2 is 1.95 bits per heavy atom. The molecule has 20 heavy (non-hydrogen) atoms. The van der Waals surface area contributed by atoms with Crippen LogP contribution in [0.15, 0.2) is 24.3 Å². The molecule has 2 rings (SSSR count). The average molecular weight is 286 g/mol. The fraction of sp³-hybridized carbons (Fsp3) is 0.500. The molecule has 0 unspecified atom stereocenters. The topological polar surface area (TPSA) is 32.3 Å². The Morgan fingerprint density at radius 3 is 2.50 bits per heavy atom. The highest BCUT2D eigenvalue weighted by Crippen LogP contribution is 2.30. The molecule has 1 aliphatic heterocycles. The molecule has 1 N–H and O–H groups in total. The molecule has 110 valence electrons. The Morgan fingerprint density at radius 1 is 1.30 bits per heavy atom. The molecule has 1 aromatic carbocycles. The van der Waals surface area contributed by atoms with E-state index in [0.717, 1.165) is 31.5 Å². The molecule has 1 aliphatic rings. The van der Waals surface area contributed by atoms with Crippen LogP contribution in [0.25, 0.3) is 0 Å². The second-order valence-corrected chi connectivity index (χ2v) is 5.17. The number of halogens is 3. The maximum absolute atomic E-state index is 12.4. The lowest BCUT2D eigenvalue weighted by Crippen LogP contribution is -2.38. The molecule has 1 atom stereocenters. The Hall–Kier alpha value is -1.56. The lowest BCUT2D eigenvalue weighted by molar-refractivity contribution is -0.137. The summed E-state index contributed by atoms with van der Waals surface area (Å²) in [6, 6.07) is 4.52. The zero-order valence-electron chi connectivity index (χ0n) is 11.2. The molecule has 1 fully saturated rings. The van der Waals surface area contributed by atoms with Gasteiger partial charge in [-0.25, -0.2) is 0 Å². The largest absolute Gasteiger partial charge is 0.416 e. The van der Waals surface area contributed by atoms with Crippen molar-refractivity contribution in [2.75, 3.05) is 25.5 Å². The summed E-state index contributed by atoms with van der Waals surface area (Å²) >= 11 is 0. The predicted octanol–water partition coefficient (Wildman–Crippen LogP) is 2.99. The number of likely N-dealkylation sites (tertiary alicyclic amines) is 1. The summed E-state index contributed by atoms with van der Waals surface area (Å²) in [5.41, 5.74) is -0.316. The van der Waals surface area contributed by atoms with Crippen molar-refractivity contribution >= 4 is 11.6 Å². The molecule has 1 aromatic rings. The van der Waals surface area contributed by atoms with Crippen LogP contribution in [0.4, 0.5) is 18.9 Å². The molecule has 0 bridgehead atoms. The van der Waals surface area contributed by atoms with Crippen molar-refractivity contribution < 1.29 is 18.0 Å². The van der Waals surface area contributed by atoms with Crippen LogP contribution in [0.5, 0.6) is 0 Å². The van der Waals surface area contributed by atoms with Crippen LogP contribution < -0.4 is 5.32 Å². The number of nitrogens with one attached hydrogen (secondary N) is 1. The summed E-state index contributed by atoms with van der Waals surface area (Å²) < 4.78 is 37.3. The summed E-state index contributed by atoms with van der Waals surface area (Å²) in [7, 11) is 1.96. The van der Waals surface area contributed by atoms with Crippen LogP contribution in [0, 0.1) is 5.92 Å². The van der Waals surface area contributed by atoms with E-state index in [4.69, 9.17) is 0 Å². The molecular formula is C14H17F3N2O. The molecule has 6 heteroatoms. The van der Waals surface area contributed by atoms with Crippen LogP contribution in [-0.4, -0.2) is 30.9 Å². The molecule has 3 nitrogen and oxygen atoms in total. The number of amides is 1. The Bertz CT molecular complexity index is 470. The smallest absolute Gasteiger partial charge is 0.326 e. The Labute approximate surface area is 115 Å². The number of anilines is 1. The van der Waals surface area contributed by atoms with Crippen LogP contribution >= 0.6 is 0 Å². The van der Waals surface area contributed by atoms with Gasteiger partial charge in [-0.3, -0.25) is 4.79 Å². The molecule has 1 amide bonds. The van der Waals surface area contributed by atoms with Crippen LogP contribution in [0.3, 0.4) is 0 Å². The second-order valence-electron chi connectivity index (χ2n) is 5.17. The van der Waals surface area contributed by atoms with Crippen LogP contribution in [0.1, 0.15) is 18.4 Å². The van der Waals surface area contributed by atoms with Gasteiger partial charge in [0.25, 0.3) is 0 Å². The van der Waals surface area contributed by atoms with Crippen molar-refractivity contribution in [3.8, 4) is 0 Å². The zero-order chi connectivity index (χ0) is 14.8. The Balaban J connectivity index is 1.97. The van der Waals surface area contributed by atoms with Gasteiger partial charge in [-0.05, 0) is 50.7 Å². The number of hydrogen-bond donors (Lipinski definition) is 1. The lowest BCUT2D eigenvalue weighted by Gasteiger charge is -2.28. The first-order valence-electron chi connectivity index (χ1n) is 6.53. The molecule has 0 aliphatic carbocycles. The van der Waals surface area contributed by atoms with Crippen molar-refractivity contribution in [1.29, 1.82) is 0 Å². The molecular weight excluding hydrogens is 269 g/mol. The number of carbonyl (C=O) groups excluding carboxylic acids is 1. The van der Waals surface area contributed by atoms with E-state index in [1.165, 1.54) is 12.1 Å². The van der Waals surface area contributed by atoms with Gasteiger partial charge in [0.1, 0.15) is 0 Å². The summed E-state index contributed by atoms with van der Waals surface area (Å²) in [5, 5.41) is 2.68. The average Bonchev–Trinajstić information content (AvgIpc) is 2.38. The number of benzene rings is 1. The number of carbonyl (C=O) groups is 1. The maximum Gasteiger partial charge on any atom is 0.416 e. The van der Waals surface area contributed by atoms with Crippen molar-refractivity contribution in [3.63, 3.8) is 0 Å². The first-order chi connectivity index (χ1) is 9.36. The van der Waals surface area contributed by atoms with E-state index in [9.17, 15) is 18.0 Å². The number of nitrogens with zero attached hydrogens (tertiary/aromatic N) is 1. The van der Waals surface area contributed by atoms with Crippen molar-refractivity contribution in [2.45, 2.75) is 19.0 Å². The van der Waals surface area contributed by atoms with E-state index in [1.54, 1.807) is 0 Å². The lowest BCUT2D eigenvalue weighted by atomic mass is 9.97. The van der Waals surface area contributed by atoms with Crippen LogP contribution in [-0.2, 0) is 11.0 Å². The van der Waals surface area contributed by atoms with Gasteiger partial charge >= 0.3 is 6.18 Å². The maximum atomic E-state index is 12.4. The summed E-state index contributed by atoms with van der Waals surface area (Å²) in [5.74, 6) is -0.229. The number of alkyl halides is 3. The summed E-state index contributed by atoms with van der Waals surface area (Å²) in [6.07, 6.45) is -2.58. The van der Waals surface area contributed by atoms with Gasteiger partial charge in [0.05, 0.1) is 11.5 Å². The minimum absolute atomic E-state index is 0.101. The van der Waals surface area contributed by atoms with Gasteiger partial charge in [0, 0.05) is 12.2 Å². The number of rotatable bonds is 2. The first kappa shape index (κ1) is 14.8. The van der Waals surface area contributed by atoms with Crippen molar-refractivity contribution in [3.05, 3.63) is 29.8 Å². The molecule has 0 radical (unpaired) electrons. The third-order valence-electron chi connectivity index (χ3n) is 3.48. The SMILES string of the molecule is CN1CCC[C@H](C(=O)Nc2ccc(C(F)(F)F)cc2)C1. The van der Waals surface area contributed by atoms with Crippen molar-refractivity contribution in [2.24, 2.45) is 5.92 Å². The molecule has 0 aromatic heterocycles. The highest BCUT2D eigenvalue weighted by atomic mass is 19.4. The van der Waals surface area contributed by atoms with E-state index in [1.807, 2.05) is 7.05 Å². The second kappa shape index (κ2) is 5.83. The van der Waals surface area contributed by atoms with E-state index in [-0.39, 0.29) is 11.8 Å². The molecule has 0 saturated carbocycles. The third-order valence-corrected chi connectivity index (χ3v) is 3.48. The van der Waals surface area contributed by atoms with E-state index >= 15 is 0 Å². The minimum atomic E-state index is -4.35. The van der Waals surface area contributed by atoms with Crippen molar-refractivity contribution in [1.82, 2.24) is 4.90 Å². The monoisotopic (exact) mass is 286 g/mol. The first-order valence-corrected chi connectivity index (χ1v) is 6.53. The standard InChI is InChI=1S/C14H17F3N2O/c1-19-8-2-3-10(9-19)13(20)18-12-6-4-11(5-7-12)14(15,16)17/h4-7,10H,2-3,8-9H2,1H3,(H,18,20)/t10-/m0/s1. The molecule has 0 spiro atoms. The Kier molecular flexibility index (Phi) is 4.32. The quantitative estimate of drug-likeness (QED) is 0.906. The van der Waals surface area contributed by atoms with Crippen LogP contribution in [0.2, 0.25) is 0 Å². The normalized spacial score (nSPS) is 20.7. The van der Waals surface area contributed by atoms with E-state index in [2.05, 4.69) is 10.2 Å². The summed E-state index contributed by atoms with van der Waals surface area (Å²) in [4.78, 5) is 14.1. The number of hydrogen-bond acceptors (Lipinski definition) is 2. The van der Waals surface area contributed by atoms with Gasteiger partial charge in [-0.1, -0.05) is 0 Å². The van der Waals surface area contributed by atoms with Gasteiger partial charge in [0.2, 0.25) is 5.91 Å².